The number of nitrogen functional groups attached to an aromatic ring is 1. The first kappa shape index (κ1) is 12.2. The molecular weight excluding hydrogens is 286 g/mol. The van der Waals surface area contributed by atoms with E-state index in [1.54, 1.807) is 0 Å². The Morgan fingerprint density at radius 1 is 1.00 bits per heavy atom. The Labute approximate surface area is 125 Å². The van der Waals surface area contributed by atoms with Gasteiger partial charge >= 0.3 is 0 Å². The van der Waals surface area contributed by atoms with Crippen molar-refractivity contribution >= 4 is 39.4 Å². The van der Waals surface area contributed by atoms with Gasteiger partial charge in [-0.25, -0.2) is 9.97 Å². The van der Waals surface area contributed by atoms with Gasteiger partial charge in [0.1, 0.15) is 17.2 Å². The molecule has 4 rings (SSSR count). The third kappa shape index (κ3) is 2.11. The number of aromatic nitrogens is 4. The van der Waals surface area contributed by atoms with Crippen LogP contribution in [0.5, 0.6) is 0 Å². The summed E-state index contributed by atoms with van der Waals surface area (Å²) in [5, 5.41) is 0.678. The Morgan fingerprint density at radius 3 is 2.67 bits per heavy atom. The van der Waals surface area contributed by atoms with Crippen LogP contribution < -0.4 is 5.73 Å². The Hall–Kier alpha value is -2.53. The molecule has 6 heteroatoms. The Morgan fingerprint density at radius 2 is 1.81 bits per heavy atom. The molecule has 0 radical (unpaired) electrons. The Bertz CT molecular complexity index is 953. The second kappa shape index (κ2) is 4.49. The van der Waals surface area contributed by atoms with Crippen LogP contribution in [0.3, 0.4) is 0 Å². The normalized spacial score (nSPS) is 11.5. The zero-order valence-electron chi connectivity index (χ0n) is 11.0. The molecule has 0 atom stereocenters. The number of benzene rings is 2. The van der Waals surface area contributed by atoms with Gasteiger partial charge in [-0.2, -0.15) is 0 Å². The number of H-pyrrole nitrogens is 2. The number of hydrogen-bond donors (Lipinski definition) is 3. The van der Waals surface area contributed by atoms with Crippen LogP contribution in [0.1, 0.15) is 11.6 Å². The maximum Gasteiger partial charge on any atom is 0.114 e. The molecule has 5 nitrogen and oxygen atoms in total. The van der Waals surface area contributed by atoms with Crippen LogP contribution >= 0.6 is 11.6 Å². The summed E-state index contributed by atoms with van der Waals surface area (Å²) in [5.41, 5.74) is 10.1. The molecule has 0 aliphatic rings. The number of fused-ring (bicyclic) bond motifs is 2. The zero-order chi connectivity index (χ0) is 14.4. The lowest BCUT2D eigenvalue weighted by Crippen LogP contribution is -1.92. The second-order valence-corrected chi connectivity index (χ2v) is 5.39. The standard InChI is InChI=1S/C15H12ClN5/c16-8-4-5-10-12(6-8)20-13(18-10)7-14-19-11-3-1-2-9(17)15(11)21-14/h1-6H,7,17H2,(H,18,20)(H,19,21). The molecule has 0 saturated carbocycles. The van der Waals surface area contributed by atoms with E-state index in [2.05, 4.69) is 19.9 Å². The molecule has 0 aliphatic heterocycles. The molecule has 104 valence electrons. The largest absolute Gasteiger partial charge is 0.397 e. The second-order valence-electron chi connectivity index (χ2n) is 4.95. The maximum absolute atomic E-state index is 5.97. The summed E-state index contributed by atoms with van der Waals surface area (Å²) in [6.07, 6.45) is 0.584. The average Bonchev–Trinajstić information content (AvgIpc) is 3.02. The summed E-state index contributed by atoms with van der Waals surface area (Å²) < 4.78 is 0. The van der Waals surface area contributed by atoms with E-state index < -0.39 is 0 Å². The third-order valence-electron chi connectivity index (χ3n) is 3.42. The van der Waals surface area contributed by atoms with Crippen LogP contribution in [-0.2, 0) is 6.42 Å². The van der Waals surface area contributed by atoms with Crippen molar-refractivity contribution in [2.75, 3.05) is 5.73 Å². The number of nitrogens with two attached hydrogens (primary N) is 1. The zero-order valence-corrected chi connectivity index (χ0v) is 11.8. The molecule has 2 aromatic carbocycles. The first-order chi connectivity index (χ1) is 10.2. The van der Waals surface area contributed by atoms with E-state index in [4.69, 9.17) is 17.3 Å². The van der Waals surface area contributed by atoms with Crippen molar-refractivity contribution in [2.24, 2.45) is 0 Å². The lowest BCUT2D eigenvalue weighted by molar-refractivity contribution is 0.960. The number of aromatic amines is 2. The van der Waals surface area contributed by atoms with Gasteiger partial charge in [-0.3, -0.25) is 0 Å². The van der Waals surface area contributed by atoms with Crippen molar-refractivity contribution in [3.05, 3.63) is 53.1 Å². The van der Waals surface area contributed by atoms with Gasteiger partial charge in [0, 0.05) is 5.02 Å². The minimum atomic E-state index is 0.584. The van der Waals surface area contributed by atoms with Crippen molar-refractivity contribution in [1.29, 1.82) is 0 Å². The van der Waals surface area contributed by atoms with E-state index in [0.717, 1.165) is 33.7 Å². The molecule has 2 aromatic heterocycles. The molecule has 0 amide bonds. The number of nitrogens with zero attached hydrogens (tertiary/aromatic N) is 2. The van der Waals surface area contributed by atoms with Crippen LogP contribution in [-0.4, -0.2) is 19.9 Å². The number of nitrogens with one attached hydrogen (secondary N) is 2. The molecule has 0 saturated heterocycles. The highest BCUT2D eigenvalue weighted by Gasteiger charge is 2.09. The summed E-state index contributed by atoms with van der Waals surface area (Å²) in [5.74, 6) is 1.66. The fourth-order valence-corrected chi connectivity index (χ4v) is 2.63. The monoisotopic (exact) mass is 297 g/mol. The van der Waals surface area contributed by atoms with Gasteiger partial charge in [0.2, 0.25) is 0 Å². The topological polar surface area (TPSA) is 83.4 Å². The third-order valence-corrected chi connectivity index (χ3v) is 3.66. The number of hydrogen-bond acceptors (Lipinski definition) is 3. The summed E-state index contributed by atoms with van der Waals surface area (Å²) >= 11 is 5.97. The minimum absolute atomic E-state index is 0.584. The molecular formula is C15H12ClN5. The van der Waals surface area contributed by atoms with Gasteiger partial charge in [0.05, 0.1) is 28.7 Å². The summed E-state index contributed by atoms with van der Waals surface area (Å²) in [6.45, 7) is 0. The highest BCUT2D eigenvalue weighted by molar-refractivity contribution is 6.31. The van der Waals surface area contributed by atoms with Crippen molar-refractivity contribution < 1.29 is 0 Å². The van der Waals surface area contributed by atoms with Gasteiger partial charge in [-0.1, -0.05) is 17.7 Å². The van der Waals surface area contributed by atoms with Gasteiger partial charge < -0.3 is 15.7 Å². The molecule has 21 heavy (non-hydrogen) atoms. The molecule has 4 aromatic rings. The summed E-state index contributed by atoms with van der Waals surface area (Å²) in [4.78, 5) is 15.6. The summed E-state index contributed by atoms with van der Waals surface area (Å²) in [7, 11) is 0. The molecule has 0 aliphatic carbocycles. The number of rotatable bonds is 2. The predicted octanol–water partition coefficient (Wildman–Crippen LogP) is 3.27. The van der Waals surface area contributed by atoms with Crippen LogP contribution in [0.2, 0.25) is 5.02 Å². The first-order valence-electron chi connectivity index (χ1n) is 6.56. The van der Waals surface area contributed by atoms with Crippen molar-refractivity contribution in [3.8, 4) is 0 Å². The number of para-hydroxylation sites is 1. The van der Waals surface area contributed by atoms with E-state index in [9.17, 15) is 0 Å². The molecule has 0 fully saturated rings. The van der Waals surface area contributed by atoms with E-state index in [0.29, 0.717) is 17.1 Å². The number of anilines is 1. The van der Waals surface area contributed by atoms with Gasteiger partial charge in [0.15, 0.2) is 0 Å². The average molecular weight is 298 g/mol. The Balaban J connectivity index is 1.73. The number of imidazole rings is 2. The van der Waals surface area contributed by atoms with E-state index in [-0.39, 0.29) is 0 Å². The highest BCUT2D eigenvalue weighted by atomic mass is 35.5. The van der Waals surface area contributed by atoms with Gasteiger partial charge in [-0.15, -0.1) is 0 Å². The van der Waals surface area contributed by atoms with Crippen molar-refractivity contribution in [1.82, 2.24) is 19.9 Å². The van der Waals surface area contributed by atoms with Crippen LogP contribution in [0.25, 0.3) is 22.1 Å². The van der Waals surface area contributed by atoms with Gasteiger partial charge in [0.25, 0.3) is 0 Å². The molecule has 0 bridgehead atoms. The first-order valence-corrected chi connectivity index (χ1v) is 6.94. The van der Waals surface area contributed by atoms with Crippen molar-refractivity contribution in [3.63, 3.8) is 0 Å². The lowest BCUT2D eigenvalue weighted by Gasteiger charge is -1.91. The highest BCUT2D eigenvalue weighted by Crippen LogP contribution is 2.21. The minimum Gasteiger partial charge on any atom is -0.397 e. The molecule has 0 unspecified atom stereocenters. The fraction of sp³-hybridized carbons (Fsp3) is 0.0667. The quantitative estimate of drug-likeness (QED) is 0.497. The Kier molecular flexibility index (Phi) is 2.62. The lowest BCUT2D eigenvalue weighted by atomic mass is 10.3. The van der Waals surface area contributed by atoms with Crippen LogP contribution in [0.15, 0.2) is 36.4 Å². The smallest absolute Gasteiger partial charge is 0.114 e. The number of halogens is 1. The predicted molar refractivity (Wildman–Crippen MR) is 84.4 cm³/mol. The summed E-state index contributed by atoms with van der Waals surface area (Å²) in [6, 6.07) is 11.3. The van der Waals surface area contributed by atoms with Crippen molar-refractivity contribution in [2.45, 2.75) is 6.42 Å². The fourth-order valence-electron chi connectivity index (χ4n) is 2.46. The molecule has 2 heterocycles. The molecule has 0 spiro atoms. The van der Waals surface area contributed by atoms with E-state index in [1.165, 1.54) is 0 Å². The van der Waals surface area contributed by atoms with Crippen LogP contribution in [0.4, 0.5) is 5.69 Å². The van der Waals surface area contributed by atoms with Gasteiger partial charge in [-0.05, 0) is 30.3 Å². The SMILES string of the molecule is Nc1cccc2[nH]c(Cc3nc4cc(Cl)ccc4[nH]3)nc12. The van der Waals surface area contributed by atoms with E-state index >= 15 is 0 Å². The van der Waals surface area contributed by atoms with E-state index in [1.807, 2.05) is 36.4 Å². The maximum atomic E-state index is 5.97. The molecule has 4 N–H and O–H groups in total. The van der Waals surface area contributed by atoms with Crippen LogP contribution in [0, 0.1) is 0 Å².